The lowest BCUT2D eigenvalue weighted by Gasteiger charge is -1.99. The SMILES string of the molecule is CC(=O)c1c[nH]c(C(=O)NCc2coc(-c3cccs3)n2)c1. The first kappa shape index (κ1) is 14.3. The van der Waals surface area contributed by atoms with Crippen molar-refractivity contribution in [3.63, 3.8) is 0 Å². The van der Waals surface area contributed by atoms with Gasteiger partial charge in [0.05, 0.1) is 17.1 Å². The molecule has 0 fully saturated rings. The van der Waals surface area contributed by atoms with Crippen molar-refractivity contribution in [1.29, 1.82) is 0 Å². The highest BCUT2D eigenvalue weighted by atomic mass is 32.1. The molecular formula is C15H13N3O3S. The number of thiophene rings is 1. The normalized spacial score (nSPS) is 10.6. The average molecular weight is 315 g/mol. The highest BCUT2D eigenvalue weighted by Crippen LogP contribution is 2.23. The number of ketones is 1. The molecule has 7 heteroatoms. The number of hydrogen-bond donors (Lipinski definition) is 2. The van der Waals surface area contributed by atoms with E-state index in [0.29, 0.717) is 22.8 Å². The summed E-state index contributed by atoms with van der Waals surface area (Å²) in [5, 5.41) is 4.67. The van der Waals surface area contributed by atoms with Crippen LogP contribution in [0.4, 0.5) is 0 Å². The zero-order valence-corrected chi connectivity index (χ0v) is 12.6. The van der Waals surface area contributed by atoms with E-state index < -0.39 is 0 Å². The van der Waals surface area contributed by atoms with Crippen LogP contribution in [0.25, 0.3) is 10.8 Å². The first-order valence-electron chi connectivity index (χ1n) is 6.59. The molecule has 3 aromatic rings. The zero-order chi connectivity index (χ0) is 15.5. The van der Waals surface area contributed by atoms with Crippen LogP contribution in [0.1, 0.15) is 33.5 Å². The van der Waals surface area contributed by atoms with Crippen LogP contribution >= 0.6 is 11.3 Å². The Bertz CT molecular complexity index is 802. The number of carbonyl (C=O) groups excluding carboxylic acids is 2. The topological polar surface area (TPSA) is 88.0 Å². The summed E-state index contributed by atoms with van der Waals surface area (Å²) in [6.45, 7) is 1.70. The molecule has 0 spiro atoms. The lowest BCUT2D eigenvalue weighted by atomic mass is 10.2. The van der Waals surface area contributed by atoms with E-state index in [1.807, 2.05) is 17.5 Å². The number of rotatable bonds is 5. The Morgan fingerprint density at radius 1 is 1.45 bits per heavy atom. The maximum atomic E-state index is 12.0. The number of aromatic amines is 1. The van der Waals surface area contributed by atoms with Crippen molar-refractivity contribution in [2.45, 2.75) is 13.5 Å². The second-order valence-corrected chi connectivity index (χ2v) is 5.61. The van der Waals surface area contributed by atoms with Crippen molar-refractivity contribution in [2.75, 3.05) is 0 Å². The van der Waals surface area contributed by atoms with Crippen molar-refractivity contribution in [2.24, 2.45) is 0 Å². The number of hydrogen-bond acceptors (Lipinski definition) is 5. The number of H-pyrrole nitrogens is 1. The molecule has 0 radical (unpaired) electrons. The maximum Gasteiger partial charge on any atom is 0.268 e. The maximum absolute atomic E-state index is 12.0. The molecule has 6 nitrogen and oxygen atoms in total. The van der Waals surface area contributed by atoms with Gasteiger partial charge in [-0.3, -0.25) is 9.59 Å². The van der Waals surface area contributed by atoms with Gasteiger partial charge in [0.15, 0.2) is 5.78 Å². The van der Waals surface area contributed by atoms with Gasteiger partial charge in [-0.15, -0.1) is 11.3 Å². The van der Waals surface area contributed by atoms with Crippen LogP contribution in [0.5, 0.6) is 0 Å². The van der Waals surface area contributed by atoms with Gasteiger partial charge in [-0.2, -0.15) is 0 Å². The monoisotopic (exact) mass is 315 g/mol. The summed E-state index contributed by atoms with van der Waals surface area (Å²) in [6.07, 6.45) is 3.04. The van der Waals surface area contributed by atoms with Crippen molar-refractivity contribution in [1.82, 2.24) is 15.3 Å². The van der Waals surface area contributed by atoms with Gasteiger partial charge in [0.1, 0.15) is 12.0 Å². The Morgan fingerprint density at radius 3 is 3.00 bits per heavy atom. The largest absolute Gasteiger partial charge is 0.443 e. The van der Waals surface area contributed by atoms with E-state index in [2.05, 4.69) is 15.3 Å². The summed E-state index contributed by atoms with van der Waals surface area (Å²) in [5.41, 5.74) is 1.45. The number of amides is 1. The number of nitrogens with zero attached hydrogens (tertiary/aromatic N) is 1. The van der Waals surface area contributed by atoms with Crippen molar-refractivity contribution in [3.05, 3.63) is 53.0 Å². The molecule has 22 heavy (non-hydrogen) atoms. The molecule has 0 aliphatic carbocycles. The molecule has 0 atom stereocenters. The van der Waals surface area contributed by atoms with E-state index in [9.17, 15) is 9.59 Å². The fraction of sp³-hybridized carbons (Fsp3) is 0.133. The Balaban J connectivity index is 1.62. The summed E-state index contributed by atoms with van der Waals surface area (Å²) in [4.78, 5) is 31.2. The highest BCUT2D eigenvalue weighted by molar-refractivity contribution is 7.13. The van der Waals surface area contributed by atoms with Crippen LogP contribution in [0, 0.1) is 0 Å². The molecule has 112 valence electrons. The molecule has 0 aromatic carbocycles. The zero-order valence-electron chi connectivity index (χ0n) is 11.8. The van der Waals surface area contributed by atoms with Crippen molar-refractivity contribution < 1.29 is 14.0 Å². The van der Waals surface area contributed by atoms with Crippen LogP contribution in [-0.4, -0.2) is 21.7 Å². The quantitative estimate of drug-likeness (QED) is 0.709. The predicted molar refractivity (Wildman–Crippen MR) is 81.8 cm³/mol. The second kappa shape index (κ2) is 5.98. The van der Waals surface area contributed by atoms with Gasteiger partial charge in [0.25, 0.3) is 5.91 Å². The summed E-state index contributed by atoms with van der Waals surface area (Å²) in [5.74, 6) is 0.151. The Hall–Kier alpha value is -2.67. The first-order valence-corrected chi connectivity index (χ1v) is 7.47. The lowest BCUT2D eigenvalue weighted by Crippen LogP contribution is -2.23. The van der Waals surface area contributed by atoms with E-state index in [1.54, 1.807) is 0 Å². The van der Waals surface area contributed by atoms with Crippen LogP contribution in [0.2, 0.25) is 0 Å². The smallest absolute Gasteiger partial charge is 0.268 e. The summed E-state index contributed by atoms with van der Waals surface area (Å²) in [7, 11) is 0. The average Bonchev–Trinajstić information content (AvgIpc) is 3.23. The number of aromatic nitrogens is 2. The fourth-order valence-corrected chi connectivity index (χ4v) is 2.55. The van der Waals surface area contributed by atoms with Gasteiger partial charge in [0, 0.05) is 11.8 Å². The van der Waals surface area contributed by atoms with Crippen molar-refractivity contribution >= 4 is 23.0 Å². The summed E-state index contributed by atoms with van der Waals surface area (Å²) >= 11 is 1.54. The minimum absolute atomic E-state index is 0.0904. The number of nitrogens with one attached hydrogen (secondary N) is 2. The molecule has 3 rings (SSSR count). The summed E-state index contributed by atoms with van der Waals surface area (Å²) < 4.78 is 5.38. The van der Waals surface area contributed by atoms with Crippen LogP contribution in [0.3, 0.4) is 0 Å². The fourth-order valence-electron chi connectivity index (χ4n) is 1.90. The van der Waals surface area contributed by atoms with Gasteiger partial charge >= 0.3 is 0 Å². The molecule has 0 bridgehead atoms. The molecule has 1 amide bonds. The van der Waals surface area contributed by atoms with Crippen LogP contribution in [0.15, 0.2) is 40.5 Å². The first-order chi connectivity index (χ1) is 10.6. The predicted octanol–water partition coefficient (Wildman–Crippen LogP) is 2.86. The Labute approximate surface area is 130 Å². The molecule has 0 aliphatic heterocycles. The number of carbonyl (C=O) groups is 2. The van der Waals surface area contributed by atoms with Gasteiger partial charge in [-0.25, -0.2) is 4.98 Å². The van der Waals surface area contributed by atoms with Crippen LogP contribution < -0.4 is 5.32 Å². The molecule has 3 aromatic heterocycles. The molecule has 0 saturated carbocycles. The molecular weight excluding hydrogens is 302 g/mol. The van der Waals surface area contributed by atoms with Gasteiger partial charge < -0.3 is 14.7 Å². The Kier molecular flexibility index (Phi) is 3.88. The minimum Gasteiger partial charge on any atom is -0.443 e. The summed E-state index contributed by atoms with van der Waals surface area (Å²) in [6, 6.07) is 5.36. The third-order valence-electron chi connectivity index (χ3n) is 3.05. The van der Waals surface area contributed by atoms with Crippen LogP contribution in [-0.2, 0) is 6.54 Å². The van der Waals surface area contributed by atoms with Gasteiger partial charge in [0.2, 0.25) is 5.89 Å². The highest BCUT2D eigenvalue weighted by Gasteiger charge is 2.12. The van der Waals surface area contributed by atoms with Gasteiger partial charge in [-0.05, 0) is 24.4 Å². The molecule has 0 saturated heterocycles. The minimum atomic E-state index is -0.298. The molecule has 0 aliphatic rings. The van der Waals surface area contributed by atoms with E-state index in [4.69, 9.17) is 4.42 Å². The van der Waals surface area contributed by atoms with Gasteiger partial charge in [-0.1, -0.05) is 6.07 Å². The third-order valence-corrected chi connectivity index (χ3v) is 3.91. The van der Waals surface area contributed by atoms with Crippen molar-refractivity contribution in [3.8, 4) is 10.8 Å². The standard InChI is InChI=1S/C15H13N3O3S/c1-9(19)10-5-12(16-6-10)14(20)17-7-11-8-21-15(18-11)13-3-2-4-22-13/h2-6,8,16H,7H2,1H3,(H,17,20). The molecule has 2 N–H and O–H groups in total. The van der Waals surface area contributed by atoms with E-state index >= 15 is 0 Å². The molecule has 3 heterocycles. The van der Waals surface area contributed by atoms with E-state index in [0.717, 1.165) is 4.88 Å². The third kappa shape index (κ3) is 2.99. The number of oxazole rings is 1. The van der Waals surface area contributed by atoms with E-state index in [-0.39, 0.29) is 18.2 Å². The number of Topliss-reactive ketones (excluding diaryl/α,β-unsaturated/α-hetero) is 1. The molecule has 0 unspecified atom stereocenters. The van der Waals surface area contributed by atoms with E-state index in [1.165, 1.54) is 36.8 Å². The Morgan fingerprint density at radius 2 is 2.32 bits per heavy atom. The second-order valence-electron chi connectivity index (χ2n) is 4.66. The lowest BCUT2D eigenvalue weighted by molar-refractivity contribution is 0.0946.